The van der Waals surface area contributed by atoms with Gasteiger partial charge in [0.2, 0.25) is 0 Å². The molecule has 1 aliphatic rings. The Morgan fingerprint density at radius 3 is 2.91 bits per heavy atom. The summed E-state index contributed by atoms with van der Waals surface area (Å²) in [6.07, 6.45) is 1.05. The highest BCUT2D eigenvalue weighted by Gasteiger charge is 2.30. The minimum atomic E-state index is 0.0247. The van der Waals surface area contributed by atoms with Gasteiger partial charge in [-0.1, -0.05) is 18.2 Å². The SMILES string of the molecule is CNC[C@@H]1CCN(C(=O)c2oc3ccccc3c2CN(C)C)C1. The number of furan rings is 1. The fourth-order valence-corrected chi connectivity index (χ4v) is 3.36. The van der Waals surface area contributed by atoms with Crippen molar-refractivity contribution in [3.63, 3.8) is 0 Å². The summed E-state index contributed by atoms with van der Waals surface area (Å²) in [6, 6.07) is 7.89. The molecule has 5 nitrogen and oxygen atoms in total. The molecule has 1 aromatic heterocycles. The van der Waals surface area contributed by atoms with Crippen molar-refractivity contribution in [2.75, 3.05) is 40.8 Å². The minimum absolute atomic E-state index is 0.0247. The van der Waals surface area contributed by atoms with E-state index in [1.165, 1.54) is 0 Å². The van der Waals surface area contributed by atoms with Crippen molar-refractivity contribution in [3.05, 3.63) is 35.6 Å². The van der Waals surface area contributed by atoms with Crippen LogP contribution in [0.3, 0.4) is 0 Å². The summed E-state index contributed by atoms with van der Waals surface area (Å²) >= 11 is 0. The fourth-order valence-electron chi connectivity index (χ4n) is 3.36. The zero-order chi connectivity index (χ0) is 16.4. The van der Waals surface area contributed by atoms with Crippen LogP contribution in [0.15, 0.2) is 28.7 Å². The van der Waals surface area contributed by atoms with Crippen LogP contribution < -0.4 is 5.32 Å². The molecule has 2 heterocycles. The first-order valence-corrected chi connectivity index (χ1v) is 8.19. The maximum atomic E-state index is 13.0. The molecule has 1 amide bonds. The number of likely N-dealkylation sites (tertiary alicyclic amines) is 1. The van der Waals surface area contributed by atoms with Crippen LogP contribution in [-0.4, -0.2) is 56.5 Å². The Balaban J connectivity index is 1.91. The van der Waals surface area contributed by atoms with Crippen molar-refractivity contribution in [1.82, 2.24) is 15.1 Å². The van der Waals surface area contributed by atoms with E-state index >= 15 is 0 Å². The van der Waals surface area contributed by atoms with Crippen LogP contribution in [0.25, 0.3) is 11.0 Å². The van der Waals surface area contributed by atoms with Crippen LogP contribution >= 0.6 is 0 Å². The van der Waals surface area contributed by atoms with Crippen molar-refractivity contribution in [1.29, 1.82) is 0 Å². The van der Waals surface area contributed by atoms with Gasteiger partial charge in [-0.15, -0.1) is 0 Å². The monoisotopic (exact) mass is 315 g/mol. The molecule has 1 N–H and O–H groups in total. The summed E-state index contributed by atoms with van der Waals surface area (Å²) in [7, 11) is 5.97. The summed E-state index contributed by atoms with van der Waals surface area (Å²) in [5.74, 6) is 1.06. The number of benzene rings is 1. The van der Waals surface area contributed by atoms with Gasteiger partial charge < -0.3 is 19.5 Å². The van der Waals surface area contributed by atoms with E-state index in [1.807, 2.05) is 50.3 Å². The van der Waals surface area contributed by atoms with Crippen LogP contribution in [0.2, 0.25) is 0 Å². The number of nitrogens with zero attached hydrogens (tertiary/aromatic N) is 2. The third kappa shape index (κ3) is 3.26. The second-order valence-electron chi connectivity index (χ2n) is 6.61. The van der Waals surface area contributed by atoms with Gasteiger partial charge in [-0.05, 0) is 46.1 Å². The fraction of sp³-hybridized carbons (Fsp3) is 0.500. The number of hydrogen-bond donors (Lipinski definition) is 1. The molecule has 0 saturated carbocycles. The van der Waals surface area contributed by atoms with E-state index < -0.39 is 0 Å². The van der Waals surface area contributed by atoms with Gasteiger partial charge in [0, 0.05) is 30.6 Å². The summed E-state index contributed by atoms with van der Waals surface area (Å²) in [6.45, 7) is 3.27. The van der Waals surface area contributed by atoms with Crippen LogP contribution in [0, 0.1) is 5.92 Å². The Morgan fingerprint density at radius 2 is 2.17 bits per heavy atom. The largest absolute Gasteiger partial charge is 0.451 e. The molecular weight excluding hydrogens is 290 g/mol. The van der Waals surface area contributed by atoms with Crippen LogP contribution in [0.5, 0.6) is 0 Å². The highest BCUT2D eigenvalue weighted by Crippen LogP contribution is 2.29. The third-order valence-corrected chi connectivity index (χ3v) is 4.43. The van der Waals surface area contributed by atoms with Gasteiger partial charge in [0.25, 0.3) is 5.91 Å². The second kappa shape index (κ2) is 6.72. The van der Waals surface area contributed by atoms with Gasteiger partial charge in [-0.25, -0.2) is 0 Å². The standard InChI is InChI=1S/C18H25N3O2/c1-19-10-13-8-9-21(11-13)18(22)17-15(12-20(2)3)14-6-4-5-7-16(14)23-17/h4-7,13,19H,8-12H2,1-3H3/t13-/m0/s1. The summed E-state index contributed by atoms with van der Waals surface area (Å²) in [4.78, 5) is 17.0. The summed E-state index contributed by atoms with van der Waals surface area (Å²) in [5.41, 5.74) is 1.78. The molecule has 1 aromatic carbocycles. The van der Waals surface area contributed by atoms with E-state index in [-0.39, 0.29) is 5.91 Å². The lowest BCUT2D eigenvalue weighted by Crippen LogP contribution is -2.31. The number of para-hydroxylation sites is 1. The maximum Gasteiger partial charge on any atom is 0.289 e. The lowest BCUT2D eigenvalue weighted by Gasteiger charge is -2.17. The van der Waals surface area contributed by atoms with Gasteiger partial charge in [0.05, 0.1) is 0 Å². The number of rotatable bonds is 5. The highest BCUT2D eigenvalue weighted by molar-refractivity contribution is 5.99. The molecule has 1 fully saturated rings. The van der Waals surface area contributed by atoms with Crippen LogP contribution in [0.4, 0.5) is 0 Å². The zero-order valence-corrected chi connectivity index (χ0v) is 14.1. The Bertz CT molecular complexity index is 693. The van der Waals surface area contributed by atoms with Crippen LogP contribution in [0.1, 0.15) is 22.5 Å². The van der Waals surface area contributed by atoms with E-state index in [1.54, 1.807) is 0 Å². The molecule has 23 heavy (non-hydrogen) atoms. The Kier molecular flexibility index (Phi) is 4.68. The summed E-state index contributed by atoms with van der Waals surface area (Å²) in [5, 5.41) is 4.24. The topological polar surface area (TPSA) is 48.7 Å². The Labute approximate surface area is 137 Å². The van der Waals surface area contributed by atoms with Crippen molar-refractivity contribution in [3.8, 4) is 0 Å². The average molecular weight is 315 g/mol. The number of nitrogens with one attached hydrogen (secondary N) is 1. The minimum Gasteiger partial charge on any atom is -0.451 e. The number of carbonyl (C=O) groups excluding carboxylic acids is 1. The second-order valence-corrected chi connectivity index (χ2v) is 6.61. The third-order valence-electron chi connectivity index (χ3n) is 4.43. The molecule has 3 rings (SSSR count). The van der Waals surface area contributed by atoms with E-state index in [0.29, 0.717) is 18.2 Å². The van der Waals surface area contributed by atoms with Crippen molar-refractivity contribution in [2.45, 2.75) is 13.0 Å². The predicted octanol–water partition coefficient (Wildman–Crippen LogP) is 2.18. The first-order valence-electron chi connectivity index (χ1n) is 8.19. The molecule has 0 spiro atoms. The molecule has 1 atom stereocenters. The van der Waals surface area contributed by atoms with Gasteiger partial charge in [-0.2, -0.15) is 0 Å². The van der Waals surface area contributed by atoms with E-state index in [9.17, 15) is 4.79 Å². The van der Waals surface area contributed by atoms with Gasteiger partial charge >= 0.3 is 0 Å². The number of hydrogen-bond acceptors (Lipinski definition) is 4. The van der Waals surface area contributed by atoms with Gasteiger partial charge in [0.1, 0.15) is 5.58 Å². The number of carbonyl (C=O) groups is 1. The maximum absolute atomic E-state index is 13.0. The zero-order valence-electron chi connectivity index (χ0n) is 14.1. The van der Waals surface area contributed by atoms with Crippen molar-refractivity contribution < 1.29 is 9.21 Å². The quantitative estimate of drug-likeness (QED) is 0.919. The predicted molar refractivity (Wildman–Crippen MR) is 91.5 cm³/mol. The first-order chi connectivity index (χ1) is 11.1. The van der Waals surface area contributed by atoms with Gasteiger partial charge in [0.15, 0.2) is 5.76 Å². The molecule has 0 radical (unpaired) electrons. The number of fused-ring (bicyclic) bond motifs is 1. The first kappa shape index (κ1) is 16.0. The number of amides is 1. The molecule has 5 heteroatoms. The lowest BCUT2D eigenvalue weighted by molar-refractivity contribution is 0.0755. The molecule has 0 aliphatic carbocycles. The molecule has 1 saturated heterocycles. The van der Waals surface area contributed by atoms with Gasteiger partial charge in [-0.3, -0.25) is 4.79 Å². The molecule has 2 aromatic rings. The van der Waals surface area contributed by atoms with Crippen molar-refractivity contribution in [2.24, 2.45) is 5.92 Å². The van der Waals surface area contributed by atoms with E-state index in [0.717, 1.165) is 42.6 Å². The molecule has 0 bridgehead atoms. The Hall–Kier alpha value is -1.85. The van der Waals surface area contributed by atoms with Crippen molar-refractivity contribution >= 4 is 16.9 Å². The highest BCUT2D eigenvalue weighted by atomic mass is 16.3. The van der Waals surface area contributed by atoms with Crippen LogP contribution in [-0.2, 0) is 6.54 Å². The molecule has 124 valence electrons. The normalized spacial score (nSPS) is 18.3. The molecular formula is C18H25N3O2. The average Bonchev–Trinajstić information content (AvgIpc) is 3.12. The molecule has 1 aliphatic heterocycles. The summed E-state index contributed by atoms with van der Waals surface area (Å²) < 4.78 is 5.94. The van der Waals surface area contributed by atoms with E-state index in [4.69, 9.17) is 4.42 Å². The smallest absolute Gasteiger partial charge is 0.289 e. The molecule has 0 unspecified atom stereocenters. The van der Waals surface area contributed by atoms with E-state index in [2.05, 4.69) is 10.2 Å². The Morgan fingerprint density at radius 1 is 1.39 bits per heavy atom. The lowest BCUT2D eigenvalue weighted by atomic mass is 10.1.